The molecule has 0 radical (unpaired) electrons. The molecular formula is C21H21N3O3S. The molecule has 0 spiro atoms. The summed E-state index contributed by atoms with van der Waals surface area (Å²) in [5.74, 6) is 0.497. The van der Waals surface area contributed by atoms with Crippen LogP contribution in [0.5, 0.6) is 5.75 Å². The van der Waals surface area contributed by atoms with Crippen LogP contribution in [0.1, 0.15) is 21.6 Å². The van der Waals surface area contributed by atoms with Crippen LogP contribution in [0.3, 0.4) is 0 Å². The summed E-state index contributed by atoms with van der Waals surface area (Å²) in [7, 11) is 1.63. The normalized spacial score (nSPS) is 10.3. The van der Waals surface area contributed by atoms with Crippen LogP contribution in [0.4, 0.5) is 5.13 Å². The van der Waals surface area contributed by atoms with E-state index in [9.17, 15) is 9.59 Å². The largest absolute Gasteiger partial charge is 0.497 e. The van der Waals surface area contributed by atoms with Crippen molar-refractivity contribution in [3.8, 4) is 5.75 Å². The van der Waals surface area contributed by atoms with Gasteiger partial charge in [-0.3, -0.25) is 14.9 Å². The number of carbonyl (C=O) groups excluding carboxylic acids is 2. The molecule has 6 nitrogen and oxygen atoms in total. The van der Waals surface area contributed by atoms with E-state index in [2.05, 4.69) is 15.6 Å². The molecule has 144 valence electrons. The van der Waals surface area contributed by atoms with Gasteiger partial charge in [-0.05, 0) is 36.2 Å². The van der Waals surface area contributed by atoms with Crippen LogP contribution in [0.25, 0.3) is 0 Å². The third-order valence-corrected chi connectivity index (χ3v) is 4.85. The molecule has 2 aromatic carbocycles. The van der Waals surface area contributed by atoms with E-state index >= 15 is 0 Å². The van der Waals surface area contributed by atoms with Gasteiger partial charge in [0.15, 0.2) is 5.13 Å². The van der Waals surface area contributed by atoms with Gasteiger partial charge in [-0.15, -0.1) is 11.3 Å². The van der Waals surface area contributed by atoms with Crippen LogP contribution in [0, 0.1) is 0 Å². The maximum Gasteiger partial charge on any atom is 0.257 e. The number of aromatic nitrogens is 1. The number of benzene rings is 2. The molecule has 7 heteroatoms. The van der Waals surface area contributed by atoms with E-state index in [4.69, 9.17) is 4.74 Å². The van der Waals surface area contributed by atoms with E-state index in [1.165, 1.54) is 11.3 Å². The van der Waals surface area contributed by atoms with Crippen molar-refractivity contribution >= 4 is 28.3 Å². The molecule has 0 saturated heterocycles. The van der Waals surface area contributed by atoms with Gasteiger partial charge in [-0.2, -0.15) is 0 Å². The Kier molecular flexibility index (Phi) is 6.75. The number of ether oxygens (including phenoxy) is 1. The Hall–Kier alpha value is -3.19. The van der Waals surface area contributed by atoms with Crippen LogP contribution in [0.15, 0.2) is 60.0 Å². The summed E-state index contributed by atoms with van der Waals surface area (Å²) >= 11 is 1.30. The minimum Gasteiger partial charge on any atom is -0.497 e. The molecule has 2 amide bonds. The van der Waals surface area contributed by atoms with E-state index in [0.717, 1.165) is 17.7 Å². The summed E-state index contributed by atoms with van der Waals surface area (Å²) in [6, 6.07) is 16.7. The number of rotatable bonds is 8. The topological polar surface area (TPSA) is 80.3 Å². The van der Waals surface area contributed by atoms with Gasteiger partial charge in [-0.1, -0.05) is 30.3 Å². The van der Waals surface area contributed by atoms with Crippen molar-refractivity contribution in [2.45, 2.75) is 12.8 Å². The summed E-state index contributed by atoms with van der Waals surface area (Å²) < 4.78 is 5.13. The quantitative estimate of drug-likeness (QED) is 0.613. The fourth-order valence-corrected chi connectivity index (χ4v) is 3.28. The van der Waals surface area contributed by atoms with Gasteiger partial charge >= 0.3 is 0 Å². The zero-order valence-corrected chi connectivity index (χ0v) is 16.3. The van der Waals surface area contributed by atoms with Crippen molar-refractivity contribution < 1.29 is 14.3 Å². The number of thiazole rings is 1. The second kappa shape index (κ2) is 9.66. The molecule has 1 aromatic heterocycles. The van der Waals surface area contributed by atoms with E-state index in [1.54, 1.807) is 36.8 Å². The SMILES string of the molecule is COc1ccc(CCNC(=O)Cc2csc(NC(=O)c3ccccc3)n2)cc1. The summed E-state index contributed by atoms with van der Waals surface area (Å²) in [4.78, 5) is 28.5. The van der Waals surface area contributed by atoms with Gasteiger partial charge in [0.1, 0.15) is 5.75 Å². The van der Waals surface area contributed by atoms with Crippen molar-refractivity contribution in [3.63, 3.8) is 0 Å². The van der Waals surface area contributed by atoms with Gasteiger partial charge in [-0.25, -0.2) is 4.98 Å². The highest BCUT2D eigenvalue weighted by molar-refractivity contribution is 7.14. The maximum atomic E-state index is 12.1. The molecule has 28 heavy (non-hydrogen) atoms. The minimum atomic E-state index is -0.217. The van der Waals surface area contributed by atoms with Crippen LogP contribution in [-0.4, -0.2) is 30.5 Å². The third kappa shape index (κ3) is 5.65. The molecule has 3 rings (SSSR count). The van der Waals surface area contributed by atoms with Gasteiger partial charge < -0.3 is 10.1 Å². The first-order chi connectivity index (χ1) is 13.6. The number of hydrogen-bond donors (Lipinski definition) is 2. The van der Waals surface area contributed by atoms with Crippen LogP contribution >= 0.6 is 11.3 Å². The molecule has 0 fully saturated rings. The lowest BCUT2D eigenvalue weighted by Crippen LogP contribution is -2.27. The van der Waals surface area contributed by atoms with Gasteiger partial charge in [0.2, 0.25) is 5.91 Å². The summed E-state index contributed by atoms with van der Waals surface area (Å²) in [5, 5.41) is 7.91. The predicted octanol–water partition coefficient (Wildman–Crippen LogP) is 3.31. The Balaban J connectivity index is 1.43. The fourth-order valence-electron chi connectivity index (χ4n) is 2.57. The van der Waals surface area contributed by atoms with Crippen molar-refractivity contribution in [1.82, 2.24) is 10.3 Å². The number of hydrogen-bond acceptors (Lipinski definition) is 5. The minimum absolute atomic E-state index is 0.0975. The Bertz CT molecular complexity index is 924. The van der Waals surface area contributed by atoms with Crippen molar-refractivity contribution in [2.75, 3.05) is 19.0 Å². The highest BCUT2D eigenvalue weighted by Crippen LogP contribution is 2.17. The van der Waals surface area contributed by atoms with Crippen LogP contribution in [0.2, 0.25) is 0 Å². The first-order valence-corrected chi connectivity index (χ1v) is 9.72. The zero-order chi connectivity index (χ0) is 19.8. The van der Waals surface area contributed by atoms with Gasteiger partial charge in [0.25, 0.3) is 5.91 Å². The standard InChI is InChI=1S/C21H21N3O3S/c1-27-18-9-7-15(8-10-18)11-12-22-19(25)13-17-14-28-21(23-17)24-20(26)16-5-3-2-4-6-16/h2-10,14H,11-13H2,1H3,(H,22,25)(H,23,24,26). The maximum absolute atomic E-state index is 12.1. The number of nitrogens with zero attached hydrogens (tertiary/aromatic N) is 1. The third-order valence-electron chi connectivity index (χ3n) is 4.04. The average molecular weight is 395 g/mol. The Morgan fingerprint density at radius 1 is 1.07 bits per heavy atom. The zero-order valence-electron chi connectivity index (χ0n) is 15.5. The van der Waals surface area contributed by atoms with E-state index in [1.807, 2.05) is 30.3 Å². The molecule has 0 aliphatic heterocycles. The highest BCUT2D eigenvalue weighted by Gasteiger charge is 2.11. The van der Waals surface area contributed by atoms with Crippen molar-refractivity contribution in [2.24, 2.45) is 0 Å². The van der Waals surface area contributed by atoms with E-state index in [0.29, 0.717) is 22.9 Å². The molecule has 0 unspecified atom stereocenters. The Morgan fingerprint density at radius 2 is 1.82 bits per heavy atom. The first-order valence-electron chi connectivity index (χ1n) is 8.84. The molecular weight excluding hydrogens is 374 g/mol. The van der Waals surface area contributed by atoms with Gasteiger partial charge in [0.05, 0.1) is 19.2 Å². The molecule has 0 atom stereocenters. The first kappa shape index (κ1) is 19.6. The highest BCUT2D eigenvalue weighted by atomic mass is 32.1. The Morgan fingerprint density at radius 3 is 2.54 bits per heavy atom. The molecule has 0 bridgehead atoms. The predicted molar refractivity (Wildman–Crippen MR) is 110 cm³/mol. The lowest BCUT2D eigenvalue weighted by molar-refractivity contribution is -0.120. The van der Waals surface area contributed by atoms with Gasteiger partial charge in [0, 0.05) is 17.5 Å². The number of anilines is 1. The average Bonchev–Trinajstić information content (AvgIpc) is 3.15. The monoisotopic (exact) mass is 395 g/mol. The molecule has 0 aliphatic rings. The van der Waals surface area contributed by atoms with Crippen molar-refractivity contribution in [1.29, 1.82) is 0 Å². The lowest BCUT2D eigenvalue weighted by atomic mass is 10.1. The van der Waals surface area contributed by atoms with E-state index in [-0.39, 0.29) is 18.2 Å². The Labute approximate surface area is 167 Å². The molecule has 3 aromatic rings. The summed E-state index contributed by atoms with van der Waals surface area (Å²) in [6.45, 7) is 0.549. The van der Waals surface area contributed by atoms with Crippen LogP contribution in [-0.2, 0) is 17.6 Å². The van der Waals surface area contributed by atoms with Crippen molar-refractivity contribution in [3.05, 3.63) is 76.8 Å². The summed E-state index contributed by atoms with van der Waals surface area (Å²) in [5.41, 5.74) is 2.33. The number of methoxy groups -OCH3 is 1. The molecule has 2 N–H and O–H groups in total. The molecule has 1 heterocycles. The lowest BCUT2D eigenvalue weighted by Gasteiger charge is -2.05. The molecule has 0 aliphatic carbocycles. The number of amides is 2. The summed E-state index contributed by atoms with van der Waals surface area (Å²) in [6.07, 6.45) is 0.922. The van der Waals surface area contributed by atoms with E-state index < -0.39 is 0 Å². The second-order valence-electron chi connectivity index (χ2n) is 6.09. The number of carbonyl (C=O) groups is 2. The fraction of sp³-hybridized carbons (Fsp3) is 0.190. The molecule has 0 saturated carbocycles. The van der Waals surface area contributed by atoms with Crippen LogP contribution < -0.4 is 15.4 Å². The second-order valence-corrected chi connectivity index (χ2v) is 6.95. The number of nitrogens with one attached hydrogen (secondary N) is 2. The smallest absolute Gasteiger partial charge is 0.257 e.